The van der Waals surface area contributed by atoms with Crippen LogP contribution in [-0.2, 0) is 9.47 Å². The second-order valence-electron chi connectivity index (χ2n) is 5.36. The van der Waals surface area contributed by atoms with Gasteiger partial charge in [0.15, 0.2) is 0 Å². The van der Waals surface area contributed by atoms with Crippen molar-refractivity contribution in [2.75, 3.05) is 52.6 Å². The van der Waals surface area contributed by atoms with Crippen LogP contribution in [0.25, 0.3) is 0 Å². The first-order valence-electron chi connectivity index (χ1n) is 7.71. The van der Waals surface area contributed by atoms with Gasteiger partial charge in [-0.25, -0.2) is 0 Å². The summed E-state index contributed by atoms with van der Waals surface area (Å²) in [5, 5.41) is 3.50. The van der Waals surface area contributed by atoms with E-state index in [1.54, 1.807) is 0 Å². The molecule has 0 fully saturated rings. The van der Waals surface area contributed by atoms with E-state index in [2.05, 4.69) is 31.0 Å². The third-order valence-electron chi connectivity index (χ3n) is 2.96. The van der Waals surface area contributed by atoms with Crippen LogP contribution in [0.5, 0.6) is 0 Å². The van der Waals surface area contributed by atoms with Gasteiger partial charge < -0.3 is 14.8 Å². The molecule has 0 aliphatic heterocycles. The molecule has 0 saturated heterocycles. The predicted molar refractivity (Wildman–Crippen MR) is 81.7 cm³/mol. The van der Waals surface area contributed by atoms with Gasteiger partial charge in [0, 0.05) is 38.9 Å². The lowest BCUT2D eigenvalue weighted by Gasteiger charge is -2.26. The van der Waals surface area contributed by atoms with Crippen LogP contribution in [-0.4, -0.2) is 63.5 Å². The summed E-state index contributed by atoms with van der Waals surface area (Å²) in [5.74, 6) is 0.644. The van der Waals surface area contributed by atoms with Crippen molar-refractivity contribution in [1.29, 1.82) is 0 Å². The molecule has 0 heterocycles. The molecule has 1 unspecified atom stereocenters. The molecule has 0 aliphatic rings. The van der Waals surface area contributed by atoms with E-state index in [-0.39, 0.29) is 0 Å². The number of hydrogen-bond acceptors (Lipinski definition) is 4. The Balaban J connectivity index is 3.92. The largest absolute Gasteiger partial charge is 0.380 e. The highest BCUT2D eigenvalue weighted by molar-refractivity contribution is 4.66. The van der Waals surface area contributed by atoms with Crippen LogP contribution in [0.15, 0.2) is 0 Å². The highest BCUT2D eigenvalue weighted by atomic mass is 16.5. The average Bonchev–Trinajstić information content (AvgIpc) is 2.36. The van der Waals surface area contributed by atoms with E-state index in [1.165, 1.54) is 0 Å². The molecule has 0 amide bonds. The molecule has 1 N–H and O–H groups in total. The fourth-order valence-corrected chi connectivity index (χ4v) is 1.91. The zero-order valence-electron chi connectivity index (χ0n) is 13.6. The topological polar surface area (TPSA) is 33.7 Å². The lowest BCUT2D eigenvalue weighted by atomic mass is 10.1. The first kappa shape index (κ1) is 18.8. The van der Waals surface area contributed by atoms with Crippen molar-refractivity contribution >= 4 is 0 Å². The normalized spacial score (nSPS) is 13.4. The van der Waals surface area contributed by atoms with Crippen molar-refractivity contribution in [3.63, 3.8) is 0 Å². The summed E-state index contributed by atoms with van der Waals surface area (Å²) in [6.07, 6.45) is 0. The summed E-state index contributed by atoms with van der Waals surface area (Å²) in [6, 6.07) is 0.558. The van der Waals surface area contributed by atoms with Crippen LogP contribution in [0.1, 0.15) is 34.6 Å². The molecule has 0 spiro atoms. The molecule has 0 aliphatic carbocycles. The van der Waals surface area contributed by atoms with Gasteiger partial charge >= 0.3 is 0 Å². The third kappa shape index (κ3) is 12.6. The smallest absolute Gasteiger partial charge is 0.0593 e. The maximum atomic E-state index is 5.45. The Morgan fingerprint density at radius 2 is 1.47 bits per heavy atom. The molecule has 0 bridgehead atoms. The van der Waals surface area contributed by atoms with E-state index < -0.39 is 0 Å². The maximum absolute atomic E-state index is 5.45. The fraction of sp³-hybridized carbons (Fsp3) is 1.00. The number of nitrogens with one attached hydrogen (secondary N) is 1. The van der Waals surface area contributed by atoms with Crippen molar-refractivity contribution in [3.8, 4) is 0 Å². The molecule has 0 aromatic carbocycles. The molecule has 0 saturated carbocycles. The van der Waals surface area contributed by atoms with Crippen LogP contribution < -0.4 is 5.32 Å². The molecule has 4 nitrogen and oxygen atoms in total. The second kappa shape index (κ2) is 12.9. The SMILES string of the molecule is CCOCCN(CCOCC)CC(C)CNC(C)C. The highest BCUT2D eigenvalue weighted by Crippen LogP contribution is 2.00. The molecule has 19 heavy (non-hydrogen) atoms. The fourth-order valence-electron chi connectivity index (χ4n) is 1.91. The quantitative estimate of drug-likeness (QED) is 0.521. The average molecular weight is 274 g/mol. The van der Waals surface area contributed by atoms with E-state index >= 15 is 0 Å². The number of ether oxygens (including phenoxy) is 2. The lowest BCUT2D eigenvalue weighted by molar-refractivity contribution is 0.0766. The van der Waals surface area contributed by atoms with Crippen molar-refractivity contribution in [2.45, 2.75) is 40.7 Å². The van der Waals surface area contributed by atoms with Gasteiger partial charge in [-0.3, -0.25) is 4.90 Å². The number of rotatable bonds is 13. The van der Waals surface area contributed by atoms with Gasteiger partial charge in [-0.2, -0.15) is 0 Å². The lowest BCUT2D eigenvalue weighted by Crippen LogP contribution is -2.38. The molecule has 0 aromatic rings. The van der Waals surface area contributed by atoms with Crippen LogP contribution in [0.4, 0.5) is 0 Å². The van der Waals surface area contributed by atoms with Gasteiger partial charge in [-0.05, 0) is 26.3 Å². The Morgan fingerprint density at radius 3 is 1.89 bits per heavy atom. The van der Waals surface area contributed by atoms with Crippen LogP contribution in [0.2, 0.25) is 0 Å². The minimum Gasteiger partial charge on any atom is -0.380 e. The first-order chi connectivity index (χ1) is 9.10. The maximum Gasteiger partial charge on any atom is 0.0593 e. The summed E-state index contributed by atoms with van der Waals surface area (Å²) < 4.78 is 10.9. The molecule has 4 heteroatoms. The van der Waals surface area contributed by atoms with Gasteiger partial charge in [0.25, 0.3) is 0 Å². The first-order valence-corrected chi connectivity index (χ1v) is 7.71. The molecule has 1 atom stereocenters. The standard InChI is InChI=1S/C15H34N2O2/c1-6-18-10-8-17(9-11-19-7-2)13-15(5)12-16-14(3)4/h14-16H,6-13H2,1-5H3. The molecular formula is C15H34N2O2. The Bertz CT molecular complexity index is 179. The number of hydrogen-bond donors (Lipinski definition) is 1. The van der Waals surface area contributed by atoms with Gasteiger partial charge in [0.05, 0.1) is 13.2 Å². The Kier molecular flexibility index (Phi) is 12.7. The van der Waals surface area contributed by atoms with Crippen molar-refractivity contribution in [2.24, 2.45) is 5.92 Å². The summed E-state index contributed by atoms with van der Waals surface area (Å²) in [5.41, 5.74) is 0. The Hall–Kier alpha value is -0.160. The molecule has 0 rings (SSSR count). The highest BCUT2D eigenvalue weighted by Gasteiger charge is 2.10. The van der Waals surface area contributed by atoms with Crippen molar-refractivity contribution < 1.29 is 9.47 Å². The summed E-state index contributed by atoms with van der Waals surface area (Å²) in [4.78, 5) is 2.44. The van der Waals surface area contributed by atoms with Crippen LogP contribution in [0.3, 0.4) is 0 Å². The minimum absolute atomic E-state index is 0.558. The van der Waals surface area contributed by atoms with Crippen LogP contribution in [0, 0.1) is 5.92 Å². The molecule has 116 valence electrons. The zero-order valence-corrected chi connectivity index (χ0v) is 13.6. The van der Waals surface area contributed by atoms with Gasteiger partial charge in [0.1, 0.15) is 0 Å². The minimum atomic E-state index is 0.558. The van der Waals surface area contributed by atoms with Crippen molar-refractivity contribution in [1.82, 2.24) is 10.2 Å². The summed E-state index contributed by atoms with van der Waals surface area (Å²) >= 11 is 0. The Labute approximate surface area is 119 Å². The van der Waals surface area contributed by atoms with Gasteiger partial charge in [-0.15, -0.1) is 0 Å². The van der Waals surface area contributed by atoms with E-state index in [9.17, 15) is 0 Å². The third-order valence-corrected chi connectivity index (χ3v) is 2.96. The molecule has 0 aromatic heterocycles. The summed E-state index contributed by atoms with van der Waals surface area (Å²) in [7, 11) is 0. The Morgan fingerprint density at radius 1 is 0.947 bits per heavy atom. The van der Waals surface area contributed by atoms with E-state index in [4.69, 9.17) is 9.47 Å². The van der Waals surface area contributed by atoms with Gasteiger partial charge in [0.2, 0.25) is 0 Å². The van der Waals surface area contributed by atoms with Gasteiger partial charge in [-0.1, -0.05) is 20.8 Å². The summed E-state index contributed by atoms with van der Waals surface area (Å²) in [6.45, 7) is 18.1. The molecule has 0 radical (unpaired) electrons. The zero-order chi connectivity index (χ0) is 14.5. The second-order valence-corrected chi connectivity index (χ2v) is 5.36. The monoisotopic (exact) mass is 274 g/mol. The van der Waals surface area contributed by atoms with E-state index in [0.29, 0.717) is 12.0 Å². The predicted octanol–water partition coefficient (Wildman–Crippen LogP) is 2.00. The van der Waals surface area contributed by atoms with E-state index in [0.717, 1.165) is 52.6 Å². The van der Waals surface area contributed by atoms with Crippen molar-refractivity contribution in [3.05, 3.63) is 0 Å². The van der Waals surface area contributed by atoms with Crippen LogP contribution >= 0.6 is 0 Å². The molecular weight excluding hydrogens is 240 g/mol. The van der Waals surface area contributed by atoms with E-state index in [1.807, 2.05) is 13.8 Å². The number of nitrogens with zero attached hydrogens (tertiary/aromatic N) is 1.